The number of benzene rings is 1. The van der Waals surface area contributed by atoms with E-state index >= 15 is 0 Å². The van der Waals surface area contributed by atoms with Gasteiger partial charge >= 0.3 is 0 Å². The van der Waals surface area contributed by atoms with E-state index in [1.54, 1.807) is 0 Å². The number of anilines is 1. The van der Waals surface area contributed by atoms with Crippen LogP contribution in [0.5, 0.6) is 0 Å². The predicted molar refractivity (Wildman–Crippen MR) is 59.1 cm³/mol. The normalized spacial score (nSPS) is 20.5. The second-order valence-electron chi connectivity index (χ2n) is 5.44. The molecule has 104 valence electrons. The Labute approximate surface area is 106 Å². The minimum Gasteiger partial charge on any atom is -0.380 e. The first kappa shape index (κ1) is 12.7. The van der Waals surface area contributed by atoms with Gasteiger partial charge in [-0.15, -0.1) is 0 Å². The molecule has 1 nitrogen and oxygen atoms in total. The molecule has 0 spiro atoms. The molecule has 0 atom stereocenters. The molecule has 1 aromatic carbocycles. The van der Waals surface area contributed by atoms with Crippen molar-refractivity contribution in [1.82, 2.24) is 0 Å². The van der Waals surface area contributed by atoms with Gasteiger partial charge in [0.15, 0.2) is 23.3 Å². The zero-order valence-electron chi connectivity index (χ0n) is 10.0. The molecule has 19 heavy (non-hydrogen) atoms. The zero-order chi connectivity index (χ0) is 13.8. The van der Waals surface area contributed by atoms with E-state index in [0.717, 1.165) is 25.7 Å². The summed E-state index contributed by atoms with van der Waals surface area (Å²) in [7, 11) is 0. The van der Waals surface area contributed by atoms with Gasteiger partial charge in [0.1, 0.15) is 5.69 Å². The van der Waals surface area contributed by atoms with Crippen molar-refractivity contribution < 1.29 is 22.0 Å². The van der Waals surface area contributed by atoms with Gasteiger partial charge in [-0.1, -0.05) is 0 Å². The van der Waals surface area contributed by atoms with Crippen LogP contribution in [0.15, 0.2) is 0 Å². The maximum Gasteiger partial charge on any atom is 0.200 e. The zero-order valence-corrected chi connectivity index (χ0v) is 10.0. The SMILES string of the molecule is Fc1c(F)c(F)c(NCC2(C3CC3)CC2)c(F)c1F. The van der Waals surface area contributed by atoms with E-state index in [1.165, 1.54) is 0 Å². The van der Waals surface area contributed by atoms with Crippen molar-refractivity contribution in [2.45, 2.75) is 25.7 Å². The number of hydrogen-bond donors (Lipinski definition) is 1. The summed E-state index contributed by atoms with van der Waals surface area (Å²) in [5, 5.41) is 2.42. The first-order valence-corrected chi connectivity index (χ1v) is 6.21. The van der Waals surface area contributed by atoms with Crippen LogP contribution >= 0.6 is 0 Å². The molecule has 0 unspecified atom stereocenters. The molecule has 0 amide bonds. The third kappa shape index (κ3) is 1.97. The van der Waals surface area contributed by atoms with Gasteiger partial charge in [-0.3, -0.25) is 0 Å². The van der Waals surface area contributed by atoms with Crippen molar-refractivity contribution in [3.63, 3.8) is 0 Å². The van der Waals surface area contributed by atoms with Gasteiger partial charge in [0.05, 0.1) is 0 Å². The molecular weight excluding hydrogens is 265 g/mol. The van der Waals surface area contributed by atoms with Crippen LogP contribution in [-0.4, -0.2) is 6.54 Å². The van der Waals surface area contributed by atoms with Crippen molar-refractivity contribution in [1.29, 1.82) is 0 Å². The van der Waals surface area contributed by atoms with Gasteiger partial charge in [-0.2, -0.15) is 0 Å². The van der Waals surface area contributed by atoms with Crippen molar-refractivity contribution in [2.24, 2.45) is 11.3 Å². The topological polar surface area (TPSA) is 12.0 Å². The molecule has 0 saturated heterocycles. The Kier molecular flexibility index (Phi) is 2.73. The van der Waals surface area contributed by atoms with Crippen molar-refractivity contribution in [3.8, 4) is 0 Å². The standard InChI is InChI=1S/C13H12F5N/c14-7-8(15)10(17)12(11(18)9(7)16)19-5-13(3-4-13)6-1-2-6/h6,19H,1-5H2. The van der Waals surface area contributed by atoms with Crippen molar-refractivity contribution in [2.75, 3.05) is 11.9 Å². The second-order valence-corrected chi connectivity index (χ2v) is 5.44. The van der Waals surface area contributed by atoms with E-state index < -0.39 is 34.8 Å². The average molecular weight is 277 g/mol. The third-order valence-corrected chi connectivity index (χ3v) is 4.16. The maximum atomic E-state index is 13.4. The van der Waals surface area contributed by atoms with Gasteiger partial charge in [-0.25, -0.2) is 22.0 Å². The minimum absolute atomic E-state index is 0.000217. The lowest BCUT2D eigenvalue weighted by molar-refractivity contribution is 0.379. The maximum absolute atomic E-state index is 13.4. The highest BCUT2D eigenvalue weighted by atomic mass is 19.2. The largest absolute Gasteiger partial charge is 0.380 e. The van der Waals surface area contributed by atoms with E-state index in [-0.39, 0.29) is 12.0 Å². The van der Waals surface area contributed by atoms with E-state index in [2.05, 4.69) is 5.32 Å². The molecule has 3 rings (SSSR count). The first-order chi connectivity index (χ1) is 8.96. The molecule has 0 aliphatic heterocycles. The average Bonchev–Trinajstić information content (AvgIpc) is 3.25. The number of hydrogen-bond acceptors (Lipinski definition) is 1. The van der Waals surface area contributed by atoms with E-state index in [9.17, 15) is 22.0 Å². The summed E-state index contributed by atoms with van der Waals surface area (Å²) < 4.78 is 65.7. The fourth-order valence-electron chi connectivity index (χ4n) is 2.61. The van der Waals surface area contributed by atoms with E-state index in [1.807, 2.05) is 0 Å². The first-order valence-electron chi connectivity index (χ1n) is 6.21. The van der Waals surface area contributed by atoms with E-state index in [4.69, 9.17) is 0 Å². The molecule has 0 radical (unpaired) electrons. The Morgan fingerprint density at radius 3 is 1.74 bits per heavy atom. The lowest BCUT2D eigenvalue weighted by atomic mass is 10.0. The van der Waals surface area contributed by atoms with Crippen LogP contribution in [0.4, 0.5) is 27.6 Å². The summed E-state index contributed by atoms with van der Waals surface area (Å²) in [6.45, 7) is 0.260. The summed E-state index contributed by atoms with van der Waals surface area (Å²) >= 11 is 0. The fourth-order valence-corrected chi connectivity index (χ4v) is 2.61. The molecule has 2 aliphatic rings. The predicted octanol–water partition coefficient (Wildman–Crippen LogP) is 3.98. The van der Waals surface area contributed by atoms with Crippen LogP contribution in [0.25, 0.3) is 0 Å². The highest BCUT2D eigenvalue weighted by Crippen LogP contribution is 2.61. The Morgan fingerprint density at radius 2 is 1.32 bits per heavy atom. The van der Waals surface area contributed by atoms with Gasteiger partial charge < -0.3 is 5.32 Å². The van der Waals surface area contributed by atoms with Crippen LogP contribution < -0.4 is 5.32 Å². The fraction of sp³-hybridized carbons (Fsp3) is 0.538. The van der Waals surface area contributed by atoms with Gasteiger partial charge in [0.25, 0.3) is 0 Å². The lowest BCUT2D eigenvalue weighted by Gasteiger charge is -2.17. The Hall–Kier alpha value is -1.33. The molecule has 0 bridgehead atoms. The molecule has 6 heteroatoms. The quantitative estimate of drug-likeness (QED) is 0.498. The molecular formula is C13H12F5N. The molecule has 2 saturated carbocycles. The van der Waals surface area contributed by atoms with Crippen LogP contribution in [0.1, 0.15) is 25.7 Å². The smallest absolute Gasteiger partial charge is 0.200 e. The number of rotatable bonds is 4. The van der Waals surface area contributed by atoms with Crippen LogP contribution in [-0.2, 0) is 0 Å². The highest BCUT2D eigenvalue weighted by Gasteiger charge is 2.53. The molecule has 1 aromatic rings. The monoisotopic (exact) mass is 277 g/mol. The molecule has 2 aliphatic carbocycles. The number of halogens is 5. The summed E-state index contributed by atoms with van der Waals surface area (Å²) in [5.74, 6) is -8.98. The Morgan fingerprint density at radius 1 is 0.842 bits per heavy atom. The Balaban J connectivity index is 1.84. The van der Waals surface area contributed by atoms with Crippen molar-refractivity contribution in [3.05, 3.63) is 29.1 Å². The summed E-state index contributed by atoms with van der Waals surface area (Å²) in [6, 6.07) is 0. The summed E-state index contributed by atoms with van der Waals surface area (Å²) in [5.41, 5.74) is -0.913. The number of nitrogens with one attached hydrogen (secondary N) is 1. The van der Waals surface area contributed by atoms with Crippen molar-refractivity contribution >= 4 is 5.69 Å². The highest BCUT2D eigenvalue weighted by molar-refractivity contribution is 5.48. The molecule has 0 aromatic heterocycles. The molecule has 2 fully saturated rings. The van der Waals surface area contributed by atoms with Crippen LogP contribution in [0, 0.1) is 40.4 Å². The molecule has 1 N–H and O–H groups in total. The Bertz CT molecular complexity index is 505. The summed E-state index contributed by atoms with van der Waals surface area (Å²) in [6.07, 6.45) is 4.05. The molecule has 0 heterocycles. The summed E-state index contributed by atoms with van der Waals surface area (Å²) in [4.78, 5) is 0. The van der Waals surface area contributed by atoms with Gasteiger partial charge in [-0.05, 0) is 37.0 Å². The minimum atomic E-state index is -2.12. The lowest BCUT2D eigenvalue weighted by Crippen LogP contribution is -2.20. The van der Waals surface area contributed by atoms with Gasteiger partial charge in [0, 0.05) is 6.54 Å². The van der Waals surface area contributed by atoms with Crippen LogP contribution in [0.2, 0.25) is 0 Å². The van der Waals surface area contributed by atoms with Crippen LogP contribution in [0.3, 0.4) is 0 Å². The van der Waals surface area contributed by atoms with E-state index in [0.29, 0.717) is 5.92 Å². The second kappa shape index (κ2) is 4.08. The van der Waals surface area contributed by atoms with Gasteiger partial charge in [0.2, 0.25) is 5.82 Å². The third-order valence-electron chi connectivity index (χ3n) is 4.16.